The molecule has 0 aliphatic carbocycles. The van der Waals surface area contributed by atoms with Gasteiger partial charge in [-0.1, -0.05) is 6.07 Å². The van der Waals surface area contributed by atoms with Gasteiger partial charge >= 0.3 is 11.6 Å². The number of halogens is 2. The van der Waals surface area contributed by atoms with Gasteiger partial charge in [-0.25, -0.2) is 9.78 Å². The zero-order chi connectivity index (χ0) is 14.4. The second-order valence-corrected chi connectivity index (χ2v) is 4.62. The van der Waals surface area contributed by atoms with Crippen LogP contribution in [0.1, 0.15) is 23.9 Å². The van der Waals surface area contributed by atoms with Crippen molar-refractivity contribution in [3.63, 3.8) is 0 Å². The Labute approximate surface area is 108 Å². The van der Waals surface area contributed by atoms with Gasteiger partial charge in [0, 0.05) is 20.2 Å². The molecule has 5 nitrogen and oxygen atoms in total. The van der Waals surface area contributed by atoms with Crippen LogP contribution in [0.4, 0.5) is 8.78 Å². The Morgan fingerprint density at radius 3 is 2.42 bits per heavy atom. The molecular weight excluding hydrogens is 254 g/mol. The zero-order valence-electron chi connectivity index (χ0n) is 11.1. The number of nitrogens with zero attached hydrogens (tertiary/aromatic N) is 4. The summed E-state index contributed by atoms with van der Waals surface area (Å²) >= 11 is 0. The van der Waals surface area contributed by atoms with Crippen LogP contribution in [0.3, 0.4) is 0 Å². The summed E-state index contributed by atoms with van der Waals surface area (Å²) in [6, 6.07) is 1.81. The van der Waals surface area contributed by atoms with Crippen LogP contribution in [-0.2, 0) is 13.0 Å². The first-order valence-corrected chi connectivity index (χ1v) is 5.70. The van der Waals surface area contributed by atoms with E-state index in [0.29, 0.717) is 12.5 Å². The molecule has 0 aliphatic heterocycles. The molecule has 0 atom stereocenters. The van der Waals surface area contributed by atoms with Crippen LogP contribution in [0.15, 0.2) is 17.1 Å². The van der Waals surface area contributed by atoms with Crippen LogP contribution in [-0.4, -0.2) is 19.3 Å². The third-order valence-corrected chi connectivity index (χ3v) is 2.76. The molecule has 0 amide bonds. The van der Waals surface area contributed by atoms with Gasteiger partial charge in [-0.05, 0) is 25.0 Å². The van der Waals surface area contributed by atoms with E-state index in [1.54, 1.807) is 13.1 Å². The summed E-state index contributed by atoms with van der Waals surface area (Å²) in [7, 11) is 1.27. The number of hydrogen-bond donors (Lipinski definition) is 0. The highest BCUT2D eigenvalue weighted by molar-refractivity contribution is 5.33. The van der Waals surface area contributed by atoms with E-state index in [-0.39, 0.29) is 5.82 Å². The molecule has 0 spiro atoms. The molecule has 0 aliphatic rings. The number of hydrogen-bond acceptors (Lipinski definition) is 3. The first-order chi connectivity index (χ1) is 8.71. The van der Waals surface area contributed by atoms with Gasteiger partial charge in [-0.2, -0.15) is 13.5 Å². The summed E-state index contributed by atoms with van der Waals surface area (Å²) in [4.78, 5) is 16.1. The number of aromatic nitrogens is 4. The summed E-state index contributed by atoms with van der Waals surface area (Å²) in [6.45, 7) is 4.31. The fourth-order valence-corrected chi connectivity index (χ4v) is 1.89. The summed E-state index contributed by atoms with van der Waals surface area (Å²) < 4.78 is 28.4. The zero-order valence-corrected chi connectivity index (χ0v) is 11.1. The van der Waals surface area contributed by atoms with Gasteiger partial charge in [-0.3, -0.25) is 4.57 Å². The molecule has 0 saturated carbocycles. The van der Waals surface area contributed by atoms with Crippen LogP contribution >= 0.6 is 0 Å². The molecule has 0 unspecified atom stereocenters. The van der Waals surface area contributed by atoms with E-state index in [4.69, 9.17) is 0 Å². The van der Waals surface area contributed by atoms with Crippen LogP contribution in [0.5, 0.6) is 0 Å². The van der Waals surface area contributed by atoms with Crippen molar-refractivity contribution >= 4 is 0 Å². The maximum absolute atomic E-state index is 13.3. The Morgan fingerprint density at radius 2 is 1.95 bits per heavy atom. The van der Waals surface area contributed by atoms with Crippen molar-refractivity contribution in [2.24, 2.45) is 7.05 Å². The third-order valence-electron chi connectivity index (χ3n) is 2.76. The van der Waals surface area contributed by atoms with Gasteiger partial charge in [0.1, 0.15) is 0 Å². The Bertz CT molecular complexity index is 682. The normalized spacial score (nSPS) is 11.9. The monoisotopic (exact) mass is 268 g/mol. The smallest absolute Gasteiger partial charge is 0.277 e. The van der Waals surface area contributed by atoms with Crippen molar-refractivity contribution in [3.05, 3.63) is 39.7 Å². The Hall–Kier alpha value is -2.05. The molecule has 2 aromatic heterocycles. The van der Waals surface area contributed by atoms with Crippen LogP contribution in [0.25, 0.3) is 5.82 Å². The molecule has 0 radical (unpaired) electrons. The Balaban J connectivity index is 2.68. The Kier molecular flexibility index (Phi) is 3.00. The lowest BCUT2D eigenvalue weighted by molar-refractivity contribution is 0.00424. The third kappa shape index (κ3) is 2.27. The first kappa shape index (κ1) is 13.4. The number of rotatable bonds is 2. The summed E-state index contributed by atoms with van der Waals surface area (Å²) in [5, 5.41) is 3.70. The average molecular weight is 268 g/mol. The lowest BCUT2D eigenvalue weighted by Crippen LogP contribution is -2.24. The fourth-order valence-electron chi connectivity index (χ4n) is 1.89. The van der Waals surface area contributed by atoms with E-state index >= 15 is 0 Å². The minimum Gasteiger partial charge on any atom is -0.277 e. The van der Waals surface area contributed by atoms with Gasteiger partial charge in [0.05, 0.1) is 0 Å². The van der Waals surface area contributed by atoms with Crippen LogP contribution < -0.4 is 5.69 Å². The van der Waals surface area contributed by atoms with Crippen molar-refractivity contribution < 1.29 is 8.78 Å². The summed E-state index contributed by atoms with van der Waals surface area (Å²) in [5.74, 6) is -3.50. The van der Waals surface area contributed by atoms with Gasteiger partial charge < -0.3 is 0 Å². The van der Waals surface area contributed by atoms with E-state index in [2.05, 4.69) is 10.1 Å². The molecule has 0 aromatic carbocycles. The quantitative estimate of drug-likeness (QED) is 0.833. The van der Waals surface area contributed by atoms with E-state index < -0.39 is 17.4 Å². The minimum absolute atomic E-state index is 0.265. The van der Waals surface area contributed by atoms with Crippen molar-refractivity contribution in [3.8, 4) is 5.82 Å². The number of aryl methyl sites for hydroxylation is 2. The van der Waals surface area contributed by atoms with E-state index in [1.165, 1.54) is 7.05 Å². The highest BCUT2D eigenvalue weighted by atomic mass is 19.3. The van der Waals surface area contributed by atoms with Crippen molar-refractivity contribution in [1.82, 2.24) is 19.3 Å². The minimum atomic E-state index is -3.18. The van der Waals surface area contributed by atoms with Gasteiger partial charge in [0.15, 0.2) is 5.82 Å². The fraction of sp³-hybridized carbons (Fsp3) is 0.417. The molecule has 2 aromatic rings. The van der Waals surface area contributed by atoms with E-state index in [0.717, 1.165) is 14.8 Å². The van der Waals surface area contributed by atoms with E-state index in [1.807, 2.05) is 13.0 Å². The summed E-state index contributed by atoms with van der Waals surface area (Å²) in [5.41, 5.74) is 0.980. The highest BCUT2D eigenvalue weighted by Gasteiger charge is 2.32. The average Bonchev–Trinajstić information content (AvgIpc) is 2.56. The molecule has 2 heterocycles. The molecular formula is C12H14F2N4O. The van der Waals surface area contributed by atoms with Crippen LogP contribution in [0.2, 0.25) is 0 Å². The molecule has 0 bridgehead atoms. The predicted octanol–water partition coefficient (Wildman–Crippen LogP) is 1.69. The molecule has 19 heavy (non-hydrogen) atoms. The predicted molar refractivity (Wildman–Crippen MR) is 65.6 cm³/mol. The number of alkyl halides is 2. The highest BCUT2D eigenvalue weighted by Crippen LogP contribution is 2.24. The summed E-state index contributed by atoms with van der Waals surface area (Å²) in [6.07, 6.45) is 1.56. The number of pyridine rings is 1. The molecule has 0 fully saturated rings. The van der Waals surface area contributed by atoms with Gasteiger partial charge in [-0.15, -0.1) is 5.10 Å². The second-order valence-electron chi connectivity index (χ2n) is 4.62. The van der Waals surface area contributed by atoms with Crippen molar-refractivity contribution in [2.45, 2.75) is 26.7 Å². The molecule has 2 rings (SSSR count). The maximum Gasteiger partial charge on any atom is 0.352 e. The molecule has 0 saturated heterocycles. The second kappa shape index (κ2) is 4.25. The van der Waals surface area contributed by atoms with E-state index in [9.17, 15) is 13.6 Å². The van der Waals surface area contributed by atoms with Crippen molar-refractivity contribution in [2.75, 3.05) is 0 Å². The topological polar surface area (TPSA) is 52.7 Å². The SMILES string of the molecule is Cc1cnc(-n2nc(C(C)(F)F)n(C)c2=O)c(C)c1. The maximum atomic E-state index is 13.3. The molecule has 102 valence electrons. The first-order valence-electron chi connectivity index (χ1n) is 5.70. The largest absolute Gasteiger partial charge is 0.352 e. The molecule has 0 N–H and O–H groups in total. The lowest BCUT2D eigenvalue weighted by Gasteiger charge is -2.07. The van der Waals surface area contributed by atoms with Crippen molar-refractivity contribution in [1.29, 1.82) is 0 Å². The standard InChI is InChI=1S/C12H14F2N4O/c1-7-5-8(2)9(15-6-7)18-11(19)17(4)10(16-18)12(3,13)14/h5-6H,1-4H3. The Morgan fingerprint density at radius 1 is 1.32 bits per heavy atom. The van der Waals surface area contributed by atoms with Gasteiger partial charge in [0.25, 0.3) is 0 Å². The van der Waals surface area contributed by atoms with Crippen LogP contribution in [0, 0.1) is 13.8 Å². The molecule has 7 heteroatoms. The lowest BCUT2D eigenvalue weighted by atomic mass is 10.2. The van der Waals surface area contributed by atoms with Gasteiger partial charge in [0.2, 0.25) is 5.82 Å².